The minimum atomic E-state index is -1.03. The standard InChI is InChI=1S/C12H15N3O3/c1-4-6-9(12(16)17)15-10-7-11(18-5-2)14-8(3)13-10/h1,7,9H,5-6H2,2-3H3,(H,16,17)(H,13,14,15). The van der Waals surface area contributed by atoms with Crippen molar-refractivity contribution in [1.29, 1.82) is 0 Å². The second-order valence-electron chi connectivity index (χ2n) is 3.52. The first-order valence-electron chi connectivity index (χ1n) is 5.48. The van der Waals surface area contributed by atoms with Gasteiger partial charge < -0.3 is 15.2 Å². The van der Waals surface area contributed by atoms with Crippen molar-refractivity contribution in [1.82, 2.24) is 9.97 Å². The maximum absolute atomic E-state index is 11.0. The SMILES string of the molecule is C#CCC(Nc1cc(OCC)nc(C)n1)C(=O)O. The van der Waals surface area contributed by atoms with Crippen LogP contribution in [0.25, 0.3) is 0 Å². The molecule has 18 heavy (non-hydrogen) atoms. The van der Waals surface area contributed by atoms with Crippen molar-refractivity contribution in [3.63, 3.8) is 0 Å². The van der Waals surface area contributed by atoms with Crippen molar-refractivity contribution >= 4 is 11.8 Å². The fourth-order valence-electron chi connectivity index (χ4n) is 1.33. The summed E-state index contributed by atoms with van der Waals surface area (Å²) in [5, 5.41) is 11.7. The zero-order valence-electron chi connectivity index (χ0n) is 10.3. The van der Waals surface area contributed by atoms with Crippen LogP contribution in [0.1, 0.15) is 19.2 Å². The van der Waals surface area contributed by atoms with Crippen molar-refractivity contribution < 1.29 is 14.6 Å². The maximum Gasteiger partial charge on any atom is 0.327 e. The quantitative estimate of drug-likeness (QED) is 0.734. The molecule has 0 aliphatic rings. The number of nitrogens with one attached hydrogen (secondary N) is 1. The molecule has 0 aromatic carbocycles. The Morgan fingerprint density at radius 2 is 2.39 bits per heavy atom. The van der Waals surface area contributed by atoms with Crippen molar-refractivity contribution in [3.05, 3.63) is 11.9 Å². The molecule has 0 saturated heterocycles. The Morgan fingerprint density at radius 3 is 2.94 bits per heavy atom. The predicted octanol–water partition coefficient (Wildman–Crippen LogP) is 1.07. The van der Waals surface area contributed by atoms with Crippen molar-refractivity contribution in [2.45, 2.75) is 26.3 Å². The lowest BCUT2D eigenvalue weighted by Crippen LogP contribution is -2.29. The van der Waals surface area contributed by atoms with Gasteiger partial charge in [0.2, 0.25) is 5.88 Å². The van der Waals surface area contributed by atoms with Gasteiger partial charge in [0.25, 0.3) is 0 Å². The van der Waals surface area contributed by atoms with E-state index in [1.165, 1.54) is 0 Å². The summed E-state index contributed by atoms with van der Waals surface area (Å²) >= 11 is 0. The molecular weight excluding hydrogens is 234 g/mol. The molecule has 0 saturated carbocycles. The van der Waals surface area contributed by atoms with Gasteiger partial charge >= 0.3 is 5.97 Å². The van der Waals surface area contributed by atoms with Crippen LogP contribution in [0.2, 0.25) is 0 Å². The fourth-order valence-corrected chi connectivity index (χ4v) is 1.33. The molecular formula is C12H15N3O3. The van der Waals surface area contributed by atoms with Crippen molar-refractivity contribution in [2.75, 3.05) is 11.9 Å². The number of carboxylic acids is 1. The summed E-state index contributed by atoms with van der Waals surface area (Å²) in [6.45, 7) is 4.01. The smallest absolute Gasteiger partial charge is 0.327 e. The lowest BCUT2D eigenvalue weighted by molar-refractivity contribution is -0.137. The molecule has 0 amide bonds. The summed E-state index contributed by atoms with van der Waals surface area (Å²) in [6, 6.07) is 0.668. The van der Waals surface area contributed by atoms with Gasteiger partial charge in [0, 0.05) is 12.5 Å². The number of aryl methyl sites for hydroxylation is 1. The molecule has 1 unspecified atom stereocenters. The van der Waals surface area contributed by atoms with E-state index in [1.54, 1.807) is 13.0 Å². The van der Waals surface area contributed by atoms with E-state index in [0.29, 0.717) is 24.1 Å². The number of aliphatic carboxylic acids is 1. The van der Waals surface area contributed by atoms with E-state index in [2.05, 4.69) is 21.2 Å². The monoisotopic (exact) mass is 249 g/mol. The molecule has 1 rings (SSSR count). The lowest BCUT2D eigenvalue weighted by Gasteiger charge is -2.13. The van der Waals surface area contributed by atoms with Crippen LogP contribution in [-0.4, -0.2) is 33.7 Å². The van der Waals surface area contributed by atoms with Gasteiger partial charge in [0.05, 0.1) is 6.61 Å². The van der Waals surface area contributed by atoms with Gasteiger partial charge in [-0.25, -0.2) is 9.78 Å². The predicted molar refractivity (Wildman–Crippen MR) is 66.4 cm³/mol. The number of aromatic nitrogens is 2. The normalized spacial score (nSPS) is 11.4. The van der Waals surface area contributed by atoms with Crippen LogP contribution in [0.5, 0.6) is 5.88 Å². The van der Waals surface area contributed by atoms with E-state index in [-0.39, 0.29) is 6.42 Å². The minimum Gasteiger partial charge on any atom is -0.480 e. The second-order valence-corrected chi connectivity index (χ2v) is 3.52. The van der Waals surface area contributed by atoms with Crippen molar-refractivity contribution in [3.8, 4) is 18.2 Å². The summed E-state index contributed by atoms with van der Waals surface area (Å²) in [4.78, 5) is 19.1. The highest BCUT2D eigenvalue weighted by Gasteiger charge is 2.17. The highest BCUT2D eigenvalue weighted by atomic mass is 16.5. The average molecular weight is 249 g/mol. The van der Waals surface area contributed by atoms with E-state index in [1.807, 2.05) is 6.92 Å². The molecule has 1 aromatic heterocycles. The largest absolute Gasteiger partial charge is 0.480 e. The Bertz CT molecular complexity index is 468. The zero-order valence-corrected chi connectivity index (χ0v) is 10.3. The Balaban J connectivity index is 2.88. The van der Waals surface area contributed by atoms with Crippen LogP contribution < -0.4 is 10.1 Å². The minimum absolute atomic E-state index is 0.0718. The molecule has 1 heterocycles. The van der Waals surface area contributed by atoms with E-state index in [0.717, 1.165) is 0 Å². The molecule has 0 spiro atoms. The van der Waals surface area contributed by atoms with E-state index >= 15 is 0 Å². The number of hydrogen-bond donors (Lipinski definition) is 2. The highest BCUT2D eigenvalue weighted by molar-refractivity contribution is 5.77. The molecule has 96 valence electrons. The molecule has 0 fully saturated rings. The first-order chi connectivity index (χ1) is 8.56. The third-order valence-electron chi connectivity index (χ3n) is 2.05. The molecule has 1 aromatic rings. The fraction of sp³-hybridized carbons (Fsp3) is 0.417. The van der Waals surface area contributed by atoms with Crippen LogP contribution in [0.3, 0.4) is 0 Å². The zero-order chi connectivity index (χ0) is 13.5. The molecule has 1 atom stereocenters. The number of rotatable bonds is 6. The van der Waals surface area contributed by atoms with Gasteiger partial charge in [-0.05, 0) is 13.8 Å². The van der Waals surface area contributed by atoms with Crippen LogP contribution in [0.4, 0.5) is 5.82 Å². The van der Waals surface area contributed by atoms with E-state index in [9.17, 15) is 4.79 Å². The number of hydrogen-bond acceptors (Lipinski definition) is 5. The number of anilines is 1. The molecule has 0 aliphatic carbocycles. The van der Waals surface area contributed by atoms with Crippen LogP contribution in [0.15, 0.2) is 6.07 Å². The van der Waals surface area contributed by atoms with Gasteiger partial charge in [-0.3, -0.25) is 0 Å². The number of ether oxygens (including phenoxy) is 1. The molecule has 0 bridgehead atoms. The van der Waals surface area contributed by atoms with Crippen LogP contribution >= 0.6 is 0 Å². The number of terminal acetylenes is 1. The van der Waals surface area contributed by atoms with E-state index < -0.39 is 12.0 Å². The number of carbonyl (C=O) groups is 1. The van der Waals surface area contributed by atoms with Gasteiger partial charge in [0.1, 0.15) is 17.7 Å². The Kier molecular flexibility index (Phi) is 4.93. The Morgan fingerprint density at radius 1 is 1.67 bits per heavy atom. The van der Waals surface area contributed by atoms with Gasteiger partial charge in [0.15, 0.2) is 0 Å². The van der Waals surface area contributed by atoms with Crippen LogP contribution in [0, 0.1) is 19.3 Å². The summed E-state index contributed by atoms with van der Waals surface area (Å²) in [5.74, 6) is 2.56. The molecule has 2 N–H and O–H groups in total. The third kappa shape index (κ3) is 3.94. The van der Waals surface area contributed by atoms with Crippen LogP contribution in [-0.2, 0) is 4.79 Å². The van der Waals surface area contributed by atoms with Crippen molar-refractivity contribution in [2.24, 2.45) is 0 Å². The summed E-state index contributed by atoms with van der Waals surface area (Å²) in [5.41, 5.74) is 0. The first-order valence-corrected chi connectivity index (χ1v) is 5.48. The van der Waals surface area contributed by atoms with Gasteiger partial charge in [-0.1, -0.05) is 0 Å². The average Bonchev–Trinajstić information content (AvgIpc) is 2.28. The number of carboxylic acid groups (broad SMARTS) is 1. The van der Waals surface area contributed by atoms with Gasteiger partial charge in [-0.15, -0.1) is 12.3 Å². The summed E-state index contributed by atoms with van der Waals surface area (Å²) in [6.07, 6.45) is 5.19. The second kappa shape index (κ2) is 6.45. The van der Waals surface area contributed by atoms with Gasteiger partial charge in [-0.2, -0.15) is 4.98 Å². The first kappa shape index (κ1) is 13.8. The molecule has 6 heteroatoms. The lowest BCUT2D eigenvalue weighted by atomic mass is 10.2. The maximum atomic E-state index is 11.0. The number of nitrogens with zero attached hydrogens (tertiary/aromatic N) is 2. The Hall–Kier alpha value is -2.29. The Labute approximate surface area is 105 Å². The molecule has 0 radical (unpaired) electrons. The highest BCUT2D eigenvalue weighted by Crippen LogP contribution is 2.14. The topological polar surface area (TPSA) is 84.3 Å². The molecule has 6 nitrogen and oxygen atoms in total. The summed E-state index contributed by atoms with van der Waals surface area (Å²) in [7, 11) is 0. The van der Waals surface area contributed by atoms with E-state index in [4.69, 9.17) is 16.3 Å². The molecule has 0 aliphatic heterocycles. The third-order valence-corrected chi connectivity index (χ3v) is 2.05. The summed E-state index contributed by atoms with van der Waals surface area (Å²) < 4.78 is 5.25.